The van der Waals surface area contributed by atoms with Gasteiger partial charge in [0, 0.05) is 30.7 Å². The highest BCUT2D eigenvalue weighted by Crippen LogP contribution is 2.20. The lowest BCUT2D eigenvalue weighted by atomic mass is 10.1. The van der Waals surface area contributed by atoms with Gasteiger partial charge in [0.15, 0.2) is 0 Å². The summed E-state index contributed by atoms with van der Waals surface area (Å²) in [6, 6.07) is 11.9. The number of hydrogen-bond donors (Lipinski definition) is 1. The summed E-state index contributed by atoms with van der Waals surface area (Å²) in [5.41, 5.74) is 0.607. The third-order valence-corrected chi connectivity index (χ3v) is 5.76. The Balaban J connectivity index is 1.94. The monoisotopic (exact) mass is 411 g/mol. The summed E-state index contributed by atoms with van der Waals surface area (Å²) in [4.78, 5) is 21.9. The molecule has 0 aliphatic heterocycles. The van der Waals surface area contributed by atoms with Crippen LogP contribution in [0.15, 0.2) is 53.4 Å². The molecule has 0 spiro atoms. The normalized spacial score (nSPS) is 11.4. The number of nitrogens with one attached hydrogen (secondary N) is 1. The quantitative estimate of drug-likeness (QED) is 0.529. The minimum absolute atomic E-state index is 0.245. The van der Waals surface area contributed by atoms with Crippen LogP contribution in [0.3, 0.4) is 0 Å². The number of rotatable bonds is 8. The van der Waals surface area contributed by atoms with Gasteiger partial charge in [-0.3, -0.25) is 14.9 Å². The Hall–Kier alpha value is -2.49. The van der Waals surface area contributed by atoms with Crippen LogP contribution in [0, 0.1) is 10.1 Å². The number of sulfonamides is 1. The molecule has 0 aliphatic carbocycles. The van der Waals surface area contributed by atoms with Crippen LogP contribution in [0.1, 0.15) is 5.56 Å². The Bertz CT molecular complexity index is 949. The molecule has 0 aromatic heterocycles. The SMILES string of the molecule is CN(CC(=O)NCCc1cccc(Cl)c1)S(=O)(=O)c1cccc([N+](=O)[O-])c1. The highest BCUT2D eigenvalue weighted by Gasteiger charge is 2.24. The van der Waals surface area contributed by atoms with Crippen LogP contribution < -0.4 is 5.32 Å². The van der Waals surface area contributed by atoms with Crippen LogP contribution >= 0.6 is 11.6 Å². The molecule has 1 amide bonds. The van der Waals surface area contributed by atoms with E-state index in [0.717, 1.165) is 15.9 Å². The van der Waals surface area contributed by atoms with E-state index in [1.54, 1.807) is 18.2 Å². The van der Waals surface area contributed by atoms with E-state index in [2.05, 4.69) is 5.32 Å². The zero-order valence-electron chi connectivity index (χ0n) is 14.5. The Morgan fingerprint density at radius 3 is 2.59 bits per heavy atom. The molecule has 0 aliphatic rings. The lowest BCUT2D eigenvalue weighted by Crippen LogP contribution is -2.39. The lowest BCUT2D eigenvalue weighted by molar-refractivity contribution is -0.385. The molecule has 0 saturated carbocycles. The Morgan fingerprint density at radius 2 is 1.93 bits per heavy atom. The second-order valence-corrected chi connectivity index (χ2v) is 8.23. The third-order valence-electron chi connectivity index (χ3n) is 3.73. The number of likely N-dealkylation sites (N-methyl/N-ethyl adjacent to an activating group) is 1. The summed E-state index contributed by atoms with van der Waals surface area (Å²) in [5.74, 6) is -0.478. The molecule has 0 heterocycles. The first-order valence-corrected chi connectivity index (χ1v) is 9.74. The molecule has 0 radical (unpaired) electrons. The number of non-ortho nitro benzene ring substituents is 1. The van der Waals surface area contributed by atoms with Crippen LogP contribution in [0.2, 0.25) is 5.02 Å². The maximum absolute atomic E-state index is 12.5. The number of nitro groups is 1. The summed E-state index contributed by atoms with van der Waals surface area (Å²) in [5, 5.41) is 14.0. The van der Waals surface area contributed by atoms with Gasteiger partial charge in [0.25, 0.3) is 5.69 Å². The smallest absolute Gasteiger partial charge is 0.270 e. The average Bonchev–Trinajstić information content (AvgIpc) is 2.61. The molecule has 0 unspecified atom stereocenters. The standard InChI is InChI=1S/C17H18ClN3O5S/c1-20(27(25,26)16-7-3-6-15(11-16)21(23)24)12-17(22)19-9-8-13-4-2-5-14(18)10-13/h2-7,10-11H,8-9,12H2,1H3,(H,19,22). The molecule has 144 valence electrons. The van der Waals surface area contributed by atoms with E-state index >= 15 is 0 Å². The van der Waals surface area contributed by atoms with Crippen LogP contribution in [-0.2, 0) is 21.2 Å². The average molecular weight is 412 g/mol. The number of carbonyl (C=O) groups is 1. The molecule has 8 nitrogen and oxygen atoms in total. The fourth-order valence-electron chi connectivity index (χ4n) is 2.32. The molecule has 2 aromatic carbocycles. The summed E-state index contributed by atoms with van der Waals surface area (Å²) < 4.78 is 25.8. The van der Waals surface area contributed by atoms with Crippen molar-refractivity contribution in [3.8, 4) is 0 Å². The summed E-state index contributed by atoms with van der Waals surface area (Å²) >= 11 is 5.89. The van der Waals surface area contributed by atoms with Gasteiger partial charge in [-0.15, -0.1) is 0 Å². The van der Waals surface area contributed by atoms with E-state index in [-0.39, 0.29) is 10.6 Å². The van der Waals surface area contributed by atoms with Gasteiger partial charge >= 0.3 is 0 Å². The second-order valence-electron chi connectivity index (χ2n) is 5.75. The minimum atomic E-state index is -4.02. The second kappa shape index (κ2) is 8.94. The van der Waals surface area contributed by atoms with Crippen molar-refractivity contribution < 1.29 is 18.1 Å². The van der Waals surface area contributed by atoms with E-state index in [9.17, 15) is 23.3 Å². The number of benzene rings is 2. The number of amides is 1. The van der Waals surface area contributed by atoms with Gasteiger partial charge in [0.1, 0.15) is 0 Å². The van der Waals surface area contributed by atoms with Crippen LogP contribution in [-0.4, -0.2) is 43.7 Å². The van der Waals surface area contributed by atoms with Crippen molar-refractivity contribution in [1.82, 2.24) is 9.62 Å². The maximum atomic E-state index is 12.5. The van der Waals surface area contributed by atoms with Gasteiger partial charge in [0.2, 0.25) is 15.9 Å². The van der Waals surface area contributed by atoms with Gasteiger partial charge in [-0.05, 0) is 30.2 Å². The van der Waals surface area contributed by atoms with Crippen molar-refractivity contribution in [3.63, 3.8) is 0 Å². The summed E-state index contributed by atoms with van der Waals surface area (Å²) in [6.07, 6.45) is 0.549. The molecule has 0 bridgehead atoms. The Labute approximate surface area is 162 Å². The summed E-state index contributed by atoms with van der Waals surface area (Å²) in [6.45, 7) is -0.0789. The largest absolute Gasteiger partial charge is 0.355 e. The molecular formula is C17H18ClN3O5S. The summed E-state index contributed by atoms with van der Waals surface area (Å²) in [7, 11) is -2.78. The van der Waals surface area contributed by atoms with Crippen molar-refractivity contribution in [2.45, 2.75) is 11.3 Å². The van der Waals surface area contributed by atoms with E-state index in [0.29, 0.717) is 18.0 Å². The number of nitrogens with zero attached hydrogens (tertiary/aromatic N) is 2. The van der Waals surface area contributed by atoms with E-state index in [1.165, 1.54) is 25.2 Å². The molecule has 2 aromatic rings. The number of carbonyl (C=O) groups excluding carboxylic acids is 1. The zero-order chi connectivity index (χ0) is 20.0. The molecule has 27 heavy (non-hydrogen) atoms. The number of hydrogen-bond acceptors (Lipinski definition) is 5. The first-order chi connectivity index (χ1) is 12.7. The van der Waals surface area contributed by atoms with Crippen molar-refractivity contribution >= 4 is 33.2 Å². The Morgan fingerprint density at radius 1 is 1.22 bits per heavy atom. The molecule has 10 heteroatoms. The molecule has 0 saturated heterocycles. The van der Waals surface area contributed by atoms with Crippen LogP contribution in [0.5, 0.6) is 0 Å². The molecule has 2 rings (SSSR count). The van der Waals surface area contributed by atoms with E-state index in [4.69, 9.17) is 11.6 Å². The maximum Gasteiger partial charge on any atom is 0.270 e. The highest BCUT2D eigenvalue weighted by molar-refractivity contribution is 7.89. The first-order valence-electron chi connectivity index (χ1n) is 7.92. The van der Waals surface area contributed by atoms with E-state index in [1.807, 2.05) is 6.07 Å². The van der Waals surface area contributed by atoms with Gasteiger partial charge in [-0.1, -0.05) is 29.8 Å². The molecule has 1 N–H and O–H groups in total. The Kier molecular flexibility index (Phi) is 6.89. The zero-order valence-corrected chi connectivity index (χ0v) is 16.0. The van der Waals surface area contributed by atoms with Crippen LogP contribution in [0.4, 0.5) is 5.69 Å². The third kappa shape index (κ3) is 5.75. The van der Waals surface area contributed by atoms with E-state index < -0.39 is 27.4 Å². The van der Waals surface area contributed by atoms with Gasteiger partial charge in [-0.2, -0.15) is 4.31 Å². The van der Waals surface area contributed by atoms with Crippen molar-refractivity contribution in [2.24, 2.45) is 0 Å². The van der Waals surface area contributed by atoms with Gasteiger partial charge in [-0.25, -0.2) is 8.42 Å². The minimum Gasteiger partial charge on any atom is -0.355 e. The fraction of sp³-hybridized carbons (Fsp3) is 0.235. The van der Waals surface area contributed by atoms with Gasteiger partial charge < -0.3 is 5.32 Å². The van der Waals surface area contributed by atoms with Crippen molar-refractivity contribution in [2.75, 3.05) is 20.1 Å². The van der Waals surface area contributed by atoms with Crippen molar-refractivity contribution in [3.05, 3.63) is 69.2 Å². The molecule has 0 fully saturated rings. The van der Waals surface area contributed by atoms with Crippen LogP contribution in [0.25, 0.3) is 0 Å². The molecule has 0 atom stereocenters. The first kappa shape index (κ1) is 20.8. The fourth-order valence-corrected chi connectivity index (χ4v) is 3.70. The predicted molar refractivity (Wildman–Crippen MR) is 101 cm³/mol. The number of nitro benzene ring substituents is 1. The van der Waals surface area contributed by atoms with Crippen molar-refractivity contribution in [1.29, 1.82) is 0 Å². The predicted octanol–water partition coefficient (Wildman–Crippen LogP) is 2.23. The molecular weight excluding hydrogens is 394 g/mol. The topological polar surface area (TPSA) is 110 Å². The number of halogens is 1. The van der Waals surface area contributed by atoms with Gasteiger partial charge in [0.05, 0.1) is 16.4 Å². The highest BCUT2D eigenvalue weighted by atomic mass is 35.5. The lowest BCUT2D eigenvalue weighted by Gasteiger charge is -2.16.